The van der Waals surface area contributed by atoms with Crippen LogP contribution in [0.2, 0.25) is 0 Å². The van der Waals surface area contributed by atoms with Gasteiger partial charge in [-0.3, -0.25) is 0 Å². The number of methoxy groups -OCH3 is 1. The number of rotatable bonds is 1. The maximum atomic E-state index is 10.6. The van der Waals surface area contributed by atoms with Gasteiger partial charge in [0.25, 0.3) is 0 Å². The van der Waals surface area contributed by atoms with Crippen molar-refractivity contribution in [3.05, 3.63) is 23.3 Å². The summed E-state index contributed by atoms with van der Waals surface area (Å²) in [6.07, 6.45) is 3.98. The number of hydrogen-bond acceptors (Lipinski definition) is 4. The number of aromatic hydroxyl groups is 1. The van der Waals surface area contributed by atoms with Crippen molar-refractivity contribution in [2.45, 2.75) is 57.2 Å². The summed E-state index contributed by atoms with van der Waals surface area (Å²) in [5, 5.41) is 31.1. The summed E-state index contributed by atoms with van der Waals surface area (Å²) >= 11 is 0. The second-order valence-corrected chi connectivity index (χ2v) is 7.92. The molecule has 0 heterocycles. The van der Waals surface area contributed by atoms with Crippen LogP contribution in [0.4, 0.5) is 0 Å². The molecule has 0 radical (unpaired) electrons. The molecule has 1 aromatic rings. The third-order valence-electron chi connectivity index (χ3n) is 7.03. The molecule has 0 aliphatic heterocycles. The van der Waals surface area contributed by atoms with Gasteiger partial charge in [0.1, 0.15) is 0 Å². The molecule has 3 N–H and O–H groups in total. The molecule has 1 unspecified atom stereocenters. The van der Waals surface area contributed by atoms with E-state index in [-0.39, 0.29) is 17.3 Å². The third kappa shape index (κ3) is 2.04. The molecule has 6 atom stereocenters. The highest BCUT2D eigenvalue weighted by Crippen LogP contribution is 2.62. The van der Waals surface area contributed by atoms with E-state index in [4.69, 9.17) is 4.74 Å². The van der Waals surface area contributed by atoms with E-state index in [1.807, 2.05) is 6.07 Å². The number of phenolic OH excluding ortho intramolecular Hbond substituents is 1. The van der Waals surface area contributed by atoms with Crippen LogP contribution in [0.15, 0.2) is 12.1 Å². The van der Waals surface area contributed by atoms with Gasteiger partial charge in [-0.2, -0.15) is 0 Å². The molecule has 0 aromatic heterocycles. The molecule has 2 saturated carbocycles. The van der Waals surface area contributed by atoms with Gasteiger partial charge >= 0.3 is 0 Å². The van der Waals surface area contributed by atoms with Crippen molar-refractivity contribution in [1.82, 2.24) is 0 Å². The Morgan fingerprint density at radius 1 is 1.13 bits per heavy atom. The zero-order valence-corrected chi connectivity index (χ0v) is 13.8. The zero-order valence-electron chi connectivity index (χ0n) is 13.8. The van der Waals surface area contributed by atoms with E-state index in [0.717, 1.165) is 43.2 Å². The molecule has 3 aliphatic rings. The van der Waals surface area contributed by atoms with Crippen molar-refractivity contribution in [2.75, 3.05) is 7.11 Å². The van der Waals surface area contributed by atoms with Crippen LogP contribution in [0.25, 0.3) is 0 Å². The maximum absolute atomic E-state index is 10.6. The number of phenols is 1. The largest absolute Gasteiger partial charge is 0.504 e. The lowest BCUT2D eigenvalue weighted by Crippen LogP contribution is -2.44. The molecule has 2 fully saturated rings. The molecule has 126 valence electrons. The third-order valence-corrected chi connectivity index (χ3v) is 7.03. The molecule has 23 heavy (non-hydrogen) atoms. The van der Waals surface area contributed by atoms with Crippen LogP contribution < -0.4 is 4.74 Å². The van der Waals surface area contributed by atoms with Crippen molar-refractivity contribution >= 4 is 0 Å². The fourth-order valence-corrected chi connectivity index (χ4v) is 5.73. The predicted octanol–water partition coefficient (Wildman–Crippen LogP) is 3.11. The summed E-state index contributed by atoms with van der Waals surface area (Å²) < 4.78 is 5.28. The number of ether oxygens (including phenoxy) is 1. The van der Waals surface area contributed by atoms with Gasteiger partial charge in [0.15, 0.2) is 11.5 Å². The van der Waals surface area contributed by atoms with Crippen LogP contribution in [0.5, 0.6) is 11.5 Å². The van der Waals surface area contributed by atoms with Gasteiger partial charge in [-0.05, 0) is 78.5 Å². The first-order valence-corrected chi connectivity index (χ1v) is 8.72. The van der Waals surface area contributed by atoms with Gasteiger partial charge in [-0.15, -0.1) is 0 Å². The van der Waals surface area contributed by atoms with Crippen molar-refractivity contribution in [3.63, 3.8) is 0 Å². The maximum Gasteiger partial charge on any atom is 0.160 e. The summed E-state index contributed by atoms with van der Waals surface area (Å²) in [5.74, 6) is 1.85. The lowest BCUT2D eigenvalue weighted by molar-refractivity contribution is -0.0372. The van der Waals surface area contributed by atoms with E-state index < -0.39 is 6.10 Å². The topological polar surface area (TPSA) is 69.9 Å². The van der Waals surface area contributed by atoms with Gasteiger partial charge in [0, 0.05) is 0 Å². The minimum atomic E-state index is -0.539. The minimum absolute atomic E-state index is 0.000600. The quantitative estimate of drug-likeness (QED) is 0.744. The highest BCUT2D eigenvalue weighted by atomic mass is 16.5. The van der Waals surface area contributed by atoms with Crippen molar-refractivity contribution in [2.24, 2.45) is 17.3 Å². The van der Waals surface area contributed by atoms with Crippen LogP contribution >= 0.6 is 0 Å². The summed E-state index contributed by atoms with van der Waals surface area (Å²) in [6, 6.07) is 3.59. The van der Waals surface area contributed by atoms with Gasteiger partial charge in [0.05, 0.1) is 19.3 Å². The summed E-state index contributed by atoms with van der Waals surface area (Å²) in [4.78, 5) is 0. The van der Waals surface area contributed by atoms with Gasteiger partial charge in [0.2, 0.25) is 0 Å². The Hall–Kier alpha value is -1.26. The molecule has 4 nitrogen and oxygen atoms in total. The molecule has 0 saturated heterocycles. The lowest BCUT2D eigenvalue weighted by atomic mass is 9.55. The average Bonchev–Trinajstić information content (AvgIpc) is 2.83. The van der Waals surface area contributed by atoms with Crippen LogP contribution in [-0.2, 0) is 0 Å². The van der Waals surface area contributed by atoms with E-state index >= 15 is 0 Å². The molecule has 0 bridgehead atoms. The van der Waals surface area contributed by atoms with Gasteiger partial charge < -0.3 is 20.1 Å². The number of hydrogen-bond donors (Lipinski definition) is 3. The SMILES string of the molecule is COc1cc2c(cc1O)C(O)C[C@@H]1[C@@H]2CC[C@]2(C)[C@H](O)CC[C@@H]12. The smallest absolute Gasteiger partial charge is 0.160 e. The number of aliphatic hydroxyl groups excluding tert-OH is 2. The highest BCUT2D eigenvalue weighted by molar-refractivity contribution is 5.50. The molecular formula is C19H26O4. The van der Waals surface area contributed by atoms with Crippen molar-refractivity contribution in [3.8, 4) is 11.5 Å². The first kappa shape index (κ1) is 15.3. The Kier molecular flexibility index (Phi) is 3.40. The van der Waals surface area contributed by atoms with E-state index in [1.165, 1.54) is 0 Å². The van der Waals surface area contributed by atoms with E-state index in [0.29, 0.717) is 23.5 Å². The molecule has 4 heteroatoms. The second-order valence-electron chi connectivity index (χ2n) is 7.92. The minimum Gasteiger partial charge on any atom is -0.504 e. The lowest BCUT2D eigenvalue weighted by Gasteiger charge is -2.51. The summed E-state index contributed by atoms with van der Waals surface area (Å²) in [6.45, 7) is 2.23. The summed E-state index contributed by atoms with van der Waals surface area (Å²) in [7, 11) is 1.56. The predicted molar refractivity (Wildman–Crippen MR) is 86.5 cm³/mol. The Labute approximate surface area is 137 Å². The summed E-state index contributed by atoms with van der Waals surface area (Å²) in [5.41, 5.74) is 1.98. The van der Waals surface area contributed by atoms with Crippen LogP contribution in [0.3, 0.4) is 0 Å². The second kappa shape index (κ2) is 5.12. The number of fused-ring (bicyclic) bond motifs is 5. The molecule has 4 rings (SSSR count). The van der Waals surface area contributed by atoms with Crippen LogP contribution in [0.1, 0.15) is 62.2 Å². The number of benzene rings is 1. The Balaban J connectivity index is 1.77. The van der Waals surface area contributed by atoms with Gasteiger partial charge in [-0.25, -0.2) is 0 Å². The fraction of sp³-hybridized carbons (Fsp3) is 0.684. The van der Waals surface area contributed by atoms with E-state index in [1.54, 1.807) is 13.2 Å². The fourth-order valence-electron chi connectivity index (χ4n) is 5.73. The Morgan fingerprint density at radius 2 is 1.91 bits per heavy atom. The Bertz CT molecular complexity index is 628. The first-order valence-electron chi connectivity index (χ1n) is 8.72. The van der Waals surface area contributed by atoms with E-state index in [2.05, 4.69) is 6.92 Å². The van der Waals surface area contributed by atoms with Crippen LogP contribution in [0, 0.1) is 17.3 Å². The van der Waals surface area contributed by atoms with Crippen LogP contribution in [-0.4, -0.2) is 28.5 Å². The average molecular weight is 318 g/mol. The number of aliphatic hydroxyl groups is 2. The molecule has 0 amide bonds. The monoisotopic (exact) mass is 318 g/mol. The Morgan fingerprint density at radius 3 is 2.65 bits per heavy atom. The standard InChI is InChI=1S/C19H26O4/c1-19-6-5-10-11-9-17(23-2)16(21)8-13(11)15(20)7-12(10)14(19)3-4-18(19)22/h8-10,12,14-15,18,20-22H,3-7H2,1-2H3/t10-,12-,14+,15?,18-,19+/m1/s1. The highest BCUT2D eigenvalue weighted by Gasteiger charge is 2.55. The first-order chi connectivity index (χ1) is 11.0. The molecular weight excluding hydrogens is 292 g/mol. The van der Waals surface area contributed by atoms with E-state index in [9.17, 15) is 15.3 Å². The molecule has 3 aliphatic carbocycles. The van der Waals surface area contributed by atoms with Crippen molar-refractivity contribution in [1.29, 1.82) is 0 Å². The molecule has 0 spiro atoms. The molecule has 1 aromatic carbocycles. The van der Waals surface area contributed by atoms with Gasteiger partial charge in [-0.1, -0.05) is 6.92 Å². The normalized spacial score (nSPS) is 41.8. The zero-order chi connectivity index (χ0) is 16.4. The van der Waals surface area contributed by atoms with Crippen molar-refractivity contribution < 1.29 is 20.1 Å².